The molecule has 2 heteroatoms. The molecule has 0 fully saturated rings. The monoisotopic (exact) mass is 273 g/mol. The van der Waals surface area contributed by atoms with Crippen molar-refractivity contribution in [1.29, 1.82) is 0 Å². The second kappa shape index (κ2) is 7.24. The van der Waals surface area contributed by atoms with Crippen molar-refractivity contribution in [2.45, 2.75) is 39.5 Å². The van der Waals surface area contributed by atoms with E-state index in [0.29, 0.717) is 0 Å². The van der Waals surface area contributed by atoms with Crippen LogP contribution in [0.25, 0.3) is 0 Å². The minimum Gasteiger partial charge on any atom is -1.00 e. The molecular formula is C13H24BrN. The molecule has 1 aliphatic heterocycles. The Bertz CT molecular complexity index is 207. The van der Waals surface area contributed by atoms with Crippen LogP contribution in [-0.2, 0) is 0 Å². The van der Waals surface area contributed by atoms with Gasteiger partial charge in [0.15, 0.2) is 0 Å². The third kappa shape index (κ3) is 6.16. The van der Waals surface area contributed by atoms with Crippen molar-refractivity contribution in [1.82, 2.24) is 0 Å². The molecular weight excluding hydrogens is 250 g/mol. The number of halogens is 1. The average molecular weight is 274 g/mol. The number of hydrogen-bond acceptors (Lipinski definition) is 0. The van der Waals surface area contributed by atoms with Crippen LogP contribution in [0.15, 0.2) is 24.6 Å². The van der Waals surface area contributed by atoms with Crippen molar-refractivity contribution in [3.63, 3.8) is 0 Å². The van der Waals surface area contributed by atoms with Crippen molar-refractivity contribution >= 4 is 0 Å². The Morgan fingerprint density at radius 2 is 1.60 bits per heavy atom. The van der Waals surface area contributed by atoms with Crippen LogP contribution in [0.1, 0.15) is 39.5 Å². The van der Waals surface area contributed by atoms with Gasteiger partial charge in [0.05, 0.1) is 13.6 Å². The summed E-state index contributed by atoms with van der Waals surface area (Å²) in [5, 5.41) is 0. The van der Waals surface area contributed by atoms with Gasteiger partial charge in [-0.1, -0.05) is 26.7 Å². The zero-order chi connectivity index (χ0) is 10.4. The molecule has 1 nitrogen and oxygen atoms in total. The van der Waals surface area contributed by atoms with E-state index in [2.05, 4.69) is 45.4 Å². The fraction of sp³-hybridized carbons (Fsp3) is 0.692. The molecule has 1 heterocycles. The summed E-state index contributed by atoms with van der Waals surface area (Å²) >= 11 is 0. The third-order valence-electron chi connectivity index (χ3n) is 2.89. The van der Waals surface area contributed by atoms with E-state index in [-0.39, 0.29) is 17.0 Å². The number of rotatable bonds is 6. The van der Waals surface area contributed by atoms with Gasteiger partial charge in [-0.2, -0.15) is 0 Å². The van der Waals surface area contributed by atoms with Gasteiger partial charge in [0, 0.05) is 0 Å². The van der Waals surface area contributed by atoms with Crippen LogP contribution in [-0.4, -0.2) is 18.1 Å². The van der Waals surface area contributed by atoms with Gasteiger partial charge < -0.3 is 17.0 Å². The number of hydrogen-bond donors (Lipinski definition) is 0. The van der Waals surface area contributed by atoms with E-state index in [0.717, 1.165) is 10.4 Å². The minimum absolute atomic E-state index is 0. The Hall–Kier alpha value is -0.0800. The maximum absolute atomic E-state index is 2.31. The Labute approximate surface area is 105 Å². The van der Waals surface area contributed by atoms with Crippen LogP contribution in [0.4, 0.5) is 0 Å². The van der Waals surface area contributed by atoms with Gasteiger partial charge in [-0.05, 0) is 30.9 Å². The summed E-state index contributed by atoms with van der Waals surface area (Å²) in [4.78, 5) is 0. The molecule has 88 valence electrons. The highest BCUT2D eigenvalue weighted by molar-refractivity contribution is 5.03. The van der Waals surface area contributed by atoms with Gasteiger partial charge in [0.2, 0.25) is 0 Å². The predicted octanol–water partition coefficient (Wildman–Crippen LogP) is 0.694. The highest BCUT2D eigenvalue weighted by Crippen LogP contribution is 2.15. The Balaban J connectivity index is 0.00000196. The SMILES string of the molecule is CC(C)CCCCC[N+]1(C)C=CC=C1.[Br-]. The molecule has 0 bridgehead atoms. The van der Waals surface area contributed by atoms with Crippen molar-refractivity contribution in [3.8, 4) is 0 Å². The standard InChI is InChI=1S/C13H24N.BrH/c1-13(2)9-5-4-6-10-14(3)11-7-8-12-14;/h7-8,11-13H,4-6,9-10H2,1-3H3;1H/q+1;/p-1. The van der Waals surface area contributed by atoms with Crippen LogP contribution in [0.2, 0.25) is 0 Å². The summed E-state index contributed by atoms with van der Waals surface area (Å²) in [5.41, 5.74) is 0. The van der Waals surface area contributed by atoms with Gasteiger partial charge in [-0.15, -0.1) is 0 Å². The number of quaternary nitrogens is 1. The normalized spacial score (nSPS) is 17.1. The van der Waals surface area contributed by atoms with E-state index in [1.54, 1.807) is 0 Å². The average Bonchev–Trinajstić information content (AvgIpc) is 2.51. The van der Waals surface area contributed by atoms with Crippen LogP contribution in [0.3, 0.4) is 0 Å². The van der Waals surface area contributed by atoms with E-state index in [9.17, 15) is 0 Å². The van der Waals surface area contributed by atoms with E-state index in [1.807, 2.05) is 0 Å². The number of unbranched alkanes of at least 4 members (excludes halogenated alkanes) is 2. The van der Waals surface area contributed by atoms with Gasteiger partial charge >= 0.3 is 0 Å². The lowest BCUT2D eigenvalue weighted by Crippen LogP contribution is -3.00. The lowest BCUT2D eigenvalue weighted by atomic mass is 10.1. The largest absolute Gasteiger partial charge is 1.00 e. The summed E-state index contributed by atoms with van der Waals surface area (Å²) in [7, 11) is 2.27. The lowest BCUT2D eigenvalue weighted by molar-refractivity contribution is -0.804. The van der Waals surface area contributed by atoms with E-state index in [1.165, 1.54) is 32.2 Å². The first kappa shape index (κ1) is 14.9. The quantitative estimate of drug-likeness (QED) is 0.494. The first-order chi connectivity index (χ1) is 6.62. The first-order valence-electron chi connectivity index (χ1n) is 5.84. The second-order valence-electron chi connectivity index (χ2n) is 5.00. The second-order valence-corrected chi connectivity index (χ2v) is 5.00. The van der Waals surface area contributed by atoms with Gasteiger partial charge in [0.1, 0.15) is 12.4 Å². The molecule has 0 N–H and O–H groups in total. The molecule has 0 saturated carbocycles. The molecule has 0 spiro atoms. The van der Waals surface area contributed by atoms with Crippen LogP contribution in [0, 0.1) is 5.92 Å². The molecule has 0 aromatic heterocycles. The van der Waals surface area contributed by atoms with Crippen molar-refractivity contribution in [2.75, 3.05) is 13.6 Å². The topological polar surface area (TPSA) is 0 Å². The fourth-order valence-corrected chi connectivity index (χ4v) is 1.87. The molecule has 0 aliphatic carbocycles. The molecule has 1 aliphatic rings. The molecule has 0 aromatic carbocycles. The van der Waals surface area contributed by atoms with Crippen molar-refractivity contribution in [2.24, 2.45) is 5.92 Å². The molecule has 15 heavy (non-hydrogen) atoms. The molecule has 0 radical (unpaired) electrons. The highest BCUT2D eigenvalue weighted by atomic mass is 79.9. The molecule has 0 aromatic rings. The van der Waals surface area contributed by atoms with Gasteiger partial charge in [0.25, 0.3) is 0 Å². The minimum atomic E-state index is 0. The molecule has 0 unspecified atom stereocenters. The van der Waals surface area contributed by atoms with Gasteiger partial charge in [-0.25, -0.2) is 0 Å². The third-order valence-corrected chi connectivity index (χ3v) is 2.89. The predicted molar refractivity (Wildman–Crippen MR) is 62.6 cm³/mol. The van der Waals surface area contributed by atoms with Crippen molar-refractivity contribution in [3.05, 3.63) is 24.6 Å². The Morgan fingerprint density at radius 1 is 1.00 bits per heavy atom. The summed E-state index contributed by atoms with van der Waals surface area (Å²) < 4.78 is 1.00. The van der Waals surface area contributed by atoms with Crippen LogP contribution in [0.5, 0.6) is 0 Å². The summed E-state index contributed by atoms with van der Waals surface area (Å²) in [5.74, 6) is 0.867. The summed E-state index contributed by atoms with van der Waals surface area (Å²) in [6.45, 7) is 5.87. The van der Waals surface area contributed by atoms with Gasteiger partial charge in [-0.3, -0.25) is 4.48 Å². The fourth-order valence-electron chi connectivity index (χ4n) is 1.87. The zero-order valence-corrected chi connectivity index (χ0v) is 11.8. The van der Waals surface area contributed by atoms with Crippen LogP contribution < -0.4 is 17.0 Å². The number of nitrogens with zero attached hydrogens (tertiary/aromatic N) is 1. The van der Waals surface area contributed by atoms with E-state index in [4.69, 9.17) is 0 Å². The molecule has 0 saturated heterocycles. The maximum Gasteiger partial charge on any atom is 0.100 e. The molecule has 0 amide bonds. The zero-order valence-electron chi connectivity index (χ0n) is 10.2. The summed E-state index contributed by atoms with van der Waals surface area (Å²) in [6, 6.07) is 0. The Morgan fingerprint density at radius 3 is 2.13 bits per heavy atom. The molecule has 1 rings (SSSR count). The van der Waals surface area contributed by atoms with Crippen molar-refractivity contribution < 1.29 is 21.5 Å². The summed E-state index contributed by atoms with van der Waals surface area (Å²) in [6.07, 6.45) is 14.3. The molecule has 0 atom stereocenters. The Kier molecular flexibility index (Phi) is 7.20. The maximum atomic E-state index is 2.31. The number of allylic oxidation sites excluding steroid dienone is 2. The van der Waals surface area contributed by atoms with Crippen LogP contribution >= 0.6 is 0 Å². The highest BCUT2D eigenvalue weighted by Gasteiger charge is 2.16. The van der Waals surface area contributed by atoms with E-state index >= 15 is 0 Å². The lowest BCUT2D eigenvalue weighted by Gasteiger charge is -2.23. The smallest absolute Gasteiger partial charge is 0.100 e. The van der Waals surface area contributed by atoms with E-state index < -0.39 is 0 Å². The first-order valence-corrected chi connectivity index (χ1v) is 5.84.